The van der Waals surface area contributed by atoms with E-state index in [1.165, 1.54) is 0 Å². The van der Waals surface area contributed by atoms with Crippen LogP contribution < -0.4 is 10.6 Å². The Hall–Kier alpha value is -1.28. The number of fused-ring (bicyclic) bond motifs is 1. The molecule has 3 fully saturated rings. The molecule has 1 spiro atoms. The zero-order valence-corrected chi connectivity index (χ0v) is 19.0. The molecule has 3 saturated heterocycles. The van der Waals surface area contributed by atoms with E-state index in [9.17, 15) is 19.5 Å². The van der Waals surface area contributed by atoms with Crippen molar-refractivity contribution in [3.8, 4) is 0 Å². The molecule has 0 aromatic heterocycles. The number of thioether (sulfide) groups is 1. The van der Waals surface area contributed by atoms with Gasteiger partial charge in [0, 0.05) is 17.3 Å². The highest BCUT2D eigenvalue weighted by Gasteiger charge is 2.74. The SMILES string of the molecule is CCCNC(=O)[C@@H]1[C@@H]2CCC3(S2)C(C(=O)NC(C)(C)C)N([C@@H](CC)CO)C(=O)[C@H]13. The predicted octanol–water partition coefficient (Wildman–Crippen LogP) is 1.29. The number of likely N-dealkylation sites (tertiary alicyclic amines) is 1. The molecular weight excluding hydrogens is 390 g/mol. The lowest BCUT2D eigenvalue weighted by Gasteiger charge is -2.38. The van der Waals surface area contributed by atoms with Gasteiger partial charge in [0.2, 0.25) is 17.7 Å². The molecule has 0 aliphatic carbocycles. The number of amides is 3. The fourth-order valence-electron chi connectivity index (χ4n) is 5.30. The molecule has 2 unspecified atom stereocenters. The van der Waals surface area contributed by atoms with Crippen LogP contribution in [0.2, 0.25) is 0 Å². The average Bonchev–Trinajstić information content (AvgIpc) is 3.27. The number of hydrogen-bond donors (Lipinski definition) is 3. The van der Waals surface area contributed by atoms with Crippen LogP contribution in [0.25, 0.3) is 0 Å². The van der Waals surface area contributed by atoms with E-state index in [0.29, 0.717) is 13.0 Å². The first-order valence-electron chi connectivity index (χ1n) is 10.8. The maximum absolute atomic E-state index is 13.6. The van der Waals surface area contributed by atoms with Crippen LogP contribution in [0.3, 0.4) is 0 Å². The Kier molecular flexibility index (Phi) is 6.26. The molecule has 3 aliphatic heterocycles. The molecule has 164 valence electrons. The van der Waals surface area contributed by atoms with Crippen molar-refractivity contribution in [3.05, 3.63) is 0 Å². The van der Waals surface area contributed by atoms with Gasteiger partial charge in [-0.1, -0.05) is 13.8 Å². The molecule has 3 aliphatic rings. The number of nitrogens with one attached hydrogen (secondary N) is 2. The fraction of sp³-hybridized carbons (Fsp3) is 0.857. The van der Waals surface area contributed by atoms with Gasteiger partial charge in [0.1, 0.15) is 6.04 Å². The van der Waals surface area contributed by atoms with Crippen LogP contribution in [0.15, 0.2) is 0 Å². The van der Waals surface area contributed by atoms with Crippen LogP contribution in [0, 0.1) is 11.8 Å². The van der Waals surface area contributed by atoms with Gasteiger partial charge >= 0.3 is 0 Å². The summed E-state index contributed by atoms with van der Waals surface area (Å²) in [6, 6.07) is -1.08. The summed E-state index contributed by atoms with van der Waals surface area (Å²) in [6.07, 6.45) is 2.98. The van der Waals surface area contributed by atoms with Crippen molar-refractivity contribution in [2.24, 2.45) is 11.8 Å². The van der Waals surface area contributed by atoms with Crippen molar-refractivity contribution in [1.29, 1.82) is 0 Å². The molecule has 3 heterocycles. The van der Waals surface area contributed by atoms with E-state index in [-0.39, 0.29) is 29.6 Å². The van der Waals surface area contributed by atoms with Crippen molar-refractivity contribution < 1.29 is 19.5 Å². The van der Waals surface area contributed by atoms with Crippen LogP contribution in [0.4, 0.5) is 0 Å². The third kappa shape index (κ3) is 3.67. The average molecular weight is 426 g/mol. The van der Waals surface area contributed by atoms with Crippen LogP contribution in [-0.4, -0.2) is 68.5 Å². The summed E-state index contributed by atoms with van der Waals surface area (Å²) in [7, 11) is 0. The normalized spacial score (nSPS) is 34.3. The van der Waals surface area contributed by atoms with Gasteiger partial charge < -0.3 is 20.6 Å². The first-order valence-corrected chi connectivity index (χ1v) is 11.7. The zero-order valence-electron chi connectivity index (χ0n) is 18.2. The maximum Gasteiger partial charge on any atom is 0.244 e. The highest BCUT2D eigenvalue weighted by Crippen LogP contribution is 2.66. The van der Waals surface area contributed by atoms with Crippen LogP contribution in [0.1, 0.15) is 60.3 Å². The lowest BCUT2D eigenvalue weighted by molar-refractivity contribution is -0.143. The Bertz CT molecular complexity index is 675. The van der Waals surface area contributed by atoms with Gasteiger partial charge in [-0.2, -0.15) is 0 Å². The van der Waals surface area contributed by atoms with Gasteiger partial charge in [-0.25, -0.2) is 0 Å². The molecule has 0 saturated carbocycles. The Balaban J connectivity index is 2.01. The van der Waals surface area contributed by atoms with Crippen LogP contribution >= 0.6 is 11.8 Å². The third-order valence-electron chi connectivity index (χ3n) is 6.41. The minimum absolute atomic E-state index is 0.0712. The highest BCUT2D eigenvalue weighted by molar-refractivity contribution is 8.02. The number of hydrogen-bond acceptors (Lipinski definition) is 5. The van der Waals surface area contributed by atoms with Crippen molar-refractivity contribution in [2.75, 3.05) is 13.2 Å². The van der Waals surface area contributed by atoms with E-state index in [4.69, 9.17) is 0 Å². The van der Waals surface area contributed by atoms with Gasteiger partial charge in [-0.05, 0) is 46.5 Å². The quantitative estimate of drug-likeness (QED) is 0.571. The third-order valence-corrected chi connectivity index (χ3v) is 8.36. The minimum atomic E-state index is -0.657. The molecule has 3 rings (SSSR count). The maximum atomic E-state index is 13.6. The van der Waals surface area contributed by atoms with Crippen LogP contribution in [-0.2, 0) is 14.4 Å². The summed E-state index contributed by atoms with van der Waals surface area (Å²) >= 11 is 1.66. The van der Waals surface area contributed by atoms with E-state index in [2.05, 4.69) is 10.6 Å². The Labute approximate surface area is 177 Å². The molecule has 6 atom stereocenters. The Morgan fingerprint density at radius 3 is 2.55 bits per heavy atom. The number of carbonyl (C=O) groups excluding carboxylic acids is 3. The van der Waals surface area contributed by atoms with Crippen molar-refractivity contribution >= 4 is 29.5 Å². The smallest absolute Gasteiger partial charge is 0.244 e. The number of aliphatic hydroxyl groups excluding tert-OH is 1. The molecule has 2 bridgehead atoms. The number of aliphatic hydroxyl groups is 1. The van der Waals surface area contributed by atoms with Gasteiger partial charge in [-0.3, -0.25) is 14.4 Å². The Morgan fingerprint density at radius 2 is 2.00 bits per heavy atom. The second kappa shape index (κ2) is 8.10. The van der Waals surface area contributed by atoms with Crippen molar-refractivity contribution in [2.45, 2.75) is 87.9 Å². The number of nitrogens with zero attached hydrogens (tertiary/aromatic N) is 1. The van der Waals surface area contributed by atoms with Crippen molar-refractivity contribution in [3.63, 3.8) is 0 Å². The molecule has 3 amide bonds. The first-order chi connectivity index (χ1) is 13.6. The second-order valence-electron chi connectivity index (χ2n) is 9.58. The van der Waals surface area contributed by atoms with Crippen LogP contribution in [0.5, 0.6) is 0 Å². The molecular formula is C21H35N3O4S. The molecule has 29 heavy (non-hydrogen) atoms. The lowest BCUT2D eigenvalue weighted by Crippen LogP contribution is -2.59. The highest BCUT2D eigenvalue weighted by atomic mass is 32.2. The summed E-state index contributed by atoms with van der Waals surface area (Å²) in [5.74, 6) is -1.30. The minimum Gasteiger partial charge on any atom is -0.394 e. The Morgan fingerprint density at radius 1 is 1.31 bits per heavy atom. The van der Waals surface area contributed by atoms with Gasteiger partial charge in [0.15, 0.2) is 0 Å². The van der Waals surface area contributed by atoms with Gasteiger partial charge in [-0.15, -0.1) is 11.8 Å². The predicted molar refractivity (Wildman–Crippen MR) is 113 cm³/mol. The molecule has 7 nitrogen and oxygen atoms in total. The monoisotopic (exact) mass is 425 g/mol. The number of carbonyl (C=O) groups is 3. The summed E-state index contributed by atoms with van der Waals surface area (Å²) in [5, 5.41) is 16.0. The molecule has 8 heteroatoms. The summed E-state index contributed by atoms with van der Waals surface area (Å²) in [6.45, 7) is 10.1. The summed E-state index contributed by atoms with van der Waals surface area (Å²) in [4.78, 5) is 41.6. The van der Waals surface area contributed by atoms with E-state index in [0.717, 1.165) is 19.3 Å². The molecule has 0 radical (unpaired) electrons. The molecule has 0 aromatic rings. The van der Waals surface area contributed by atoms with E-state index >= 15 is 0 Å². The second-order valence-corrected chi connectivity index (χ2v) is 11.2. The first kappa shape index (κ1) is 22.4. The molecule has 0 aromatic carbocycles. The van der Waals surface area contributed by atoms with Crippen molar-refractivity contribution in [1.82, 2.24) is 15.5 Å². The topological polar surface area (TPSA) is 98.7 Å². The fourth-order valence-corrected chi connectivity index (χ4v) is 7.51. The molecule has 3 N–H and O–H groups in total. The van der Waals surface area contributed by atoms with E-state index in [1.54, 1.807) is 16.7 Å². The summed E-state index contributed by atoms with van der Waals surface area (Å²) < 4.78 is -0.589. The van der Waals surface area contributed by atoms with Gasteiger partial charge in [0.25, 0.3) is 0 Å². The van der Waals surface area contributed by atoms with E-state index in [1.807, 2.05) is 34.6 Å². The lowest BCUT2D eigenvalue weighted by atomic mass is 9.70. The van der Waals surface area contributed by atoms with Gasteiger partial charge in [0.05, 0.1) is 29.2 Å². The zero-order chi connectivity index (χ0) is 21.6. The summed E-state index contributed by atoms with van der Waals surface area (Å²) in [5.41, 5.74) is -0.430. The standard InChI is InChI=1S/C21H35N3O4S/c1-6-10-22-17(26)14-13-8-9-21(29-13)15(14)19(28)24(12(7-2)11-25)16(21)18(27)23-20(3,4)5/h12-16,25H,6-11H2,1-5H3,(H,22,26)(H,23,27)/t12-,13-,14+,15-,16?,21?/m0/s1. The largest absolute Gasteiger partial charge is 0.394 e. The number of rotatable bonds is 7. The van der Waals surface area contributed by atoms with E-state index < -0.39 is 34.2 Å².